The molecular formula is C14H8F5NO. The minimum atomic E-state index is -4.69. The number of aromatic nitrogens is 1. The van der Waals surface area contributed by atoms with Gasteiger partial charge >= 0.3 is 6.18 Å². The lowest BCUT2D eigenvalue weighted by Gasteiger charge is -2.11. The molecule has 0 spiro atoms. The second-order valence-corrected chi connectivity index (χ2v) is 4.27. The van der Waals surface area contributed by atoms with Gasteiger partial charge in [0.2, 0.25) is 0 Å². The lowest BCUT2D eigenvalue weighted by atomic mass is 10.00. The summed E-state index contributed by atoms with van der Waals surface area (Å²) in [6, 6.07) is 3.42. The smallest absolute Gasteiger partial charge is 0.294 e. The van der Waals surface area contributed by atoms with Gasteiger partial charge in [0.1, 0.15) is 0 Å². The predicted molar refractivity (Wildman–Crippen MR) is 63.6 cm³/mol. The highest BCUT2D eigenvalue weighted by Gasteiger charge is 2.35. The molecule has 0 fully saturated rings. The zero-order valence-corrected chi connectivity index (χ0v) is 10.4. The predicted octanol–water partition coefficient (Wildman–Crippen LogP) is 3.80. The molecule has 0 unspecified atom stereocenters. The van der Waals surface area contributed by atoms with E-state index in [9.17, 15) is 26.7 Å². The lowest BCUT2D eigenvalue weighted by molar-refractivity contribution is -0.138. The van der Waals surface area contributed by atoms with Crippen molar-refractivity contribution in [2.75, 3.05) is 0 Å². The number of pyridine rings is 1. The van der Waals surface area contributed by atoms with Gasteiger partial charge in [-0.1, -0.05) is 6.07 Å². The van der Waals surface area contributed by atoms with Crippen LogP contribution in [0.5, 0.6) is 0 Å². The molecule has 0 radical (unpaired) electrons. The van der Waals surface area contributed by atoms with E-state index in [4.69, 9.17) is 0 Å². The summed E-state index contributed by atoms with van der Waals surface area (Å²) >= 11 is 0. The van der Waals surface area contributed by atoms with Crippen LogP contribution < -0.4 is 0 Å². The second-order valence-electron chi connectivity index (χ2n) is 4.27. The van der Waals surface area contributed by atoms with E-state index in [0.717, 1.165) is 30.6 Å². The van der Waals surface area contributed by atoms with Crippen molar-refractivity contribution in [3.8, 4) is 0 Å². The summed E-state index contributed by atoms with van der Waals surface area (Å²) in [5.41, 5.74) is -1.63. The number of hydrogen-bond acceptors (Lipinski definition) is 2. The fourth-order valence-electron chi connectivity index (χ4n) is 1.79. The van der Waals surface area contributed by atoms with Crippen LogP contribution >= 0.6 is 0 Å². The Morgan fingerprint density at radius 2 is 1.81 bits per heavy atom. The normalized spacial score (nSPS) is 11.5. The highest BCUT2D eigenvalue weighted by Crippen LogP contribution is 2.32. The molecule has 1 aromatic carbocycles. The van der Waals surface area contributed by atoms with Crippen LogP contribution in [-0.2, 0) is 12.6 Å². The molecule has 110 valence electrons. The maximum absolute atomic E-state index is 13.0. The quantitative estimate of drug-likeness (QED) is 0.637. The Labute approximate surface area is 116 Å². The zero-order chi connectivity index (χ0) is 15.6. The van der Waals surface area contributed by atoms with E-state index in [1.807, 2.05) is 0 Å². The standard InChI is InChI=1S/C14H8F5NO/c15-11-2-1-8(5-12(11)16)6-13(21)9-7-20-4-3-10(9)14(17,18)19/h1-5,7H,6H2. The number of nitrogens with zero attached hydrogens (tertiary/aromatic N) is 1. The molecule has 7 heteroatoms. The van der Waals surface area contributed by atoms with E-state index < -0.39 is 41.1 Å². The molecule has 2 rings (SSSR count). The van der Waals surface area contributed by atoms with Crippen molar-refractivity contribution in [3.63, 3.8) is 0 Å². The first-order valence-corrected chi connectivity index (χ1v) is 5.77. The number of hydrogen-bond donors (Lipinski definition) is 0. The van der Waals surface area contributed by atoms with Gasteiger partial charge in [-0.3, -0.25) is 9.78 Å². The van der Waals surface area contributed by atoms with Crippen LogP contribution in [0.4, 0.5) is 22.0 Å². The third-order valence-electron chi connectivity index (χ3n) is 2.78. The number of benzene rings is 1. The molecule has 21 heavy (non-hydrogen) atoms. The molecule has 1 aromatic heterocycles. The van der Waals surface area contributed by atoms with Gasteiger partial charge in [0.05, 0.1) is 5.56 Å². The van der Waals surface area contributed by atoms with Crippen molar-refractivity contribution in [2.24, 2.45) is 0 Å². The van der Waals surface area contributed by atoms with E-state index in [-0.39, 0.29) is 5.56 Å². The first-order valence-electron chi connectivity index (χ1n) is 5.77. The maximum Gasteiger partial charge on any atom is 0.417 e. The Kier molecular flexibility index (Phi) is 4.02. The summed E-state index contributed by atoms with van der Waals surface area (Å²) in [6.07, 6.45) is -3.43. The molecule has 0 amide bonds. The van der Waals surface area contributed by atoms with Crippen LogP contribution in [0.1, 0.15) is 21.5 Å². The fourth-order valence-corrected chi connectivity index (χ4v) is 1.79. The molecule has 0 bridgehead atoms. The van der Waals surface area contributed by atoms with Gasteiger partial charge in [0.25, 0.3) is 0 Å². The molecule has 0 atom stereocenters. The van der Waals surface area contributed by atoms with E-state index in [0.29, 0.717) is 6.07 Å². The number of alkyl halides is 3. The third kappa shape index (κ3) is 3.42. The Morgan fingerprint density at radius 1 is 1.10 bits per heavy atom. The van der Waals surface area contributed by atoms with Gasteiger partial charge in [-0.2, -0.15) is 13.2 Å². The largest absolute Gasteiger partial charge is 0.417 e. The van der Waals surface area contributed by atoms with Crippen molar-refractivity contribution in [1.29, 1.82) is 0 Å². The summed E-state index contributed by atoms with van der Waals surface area (Å²) < 4.78 is 64.1. The maximum atomic E-state index is 13.0. The Bertz CT molecular complexity index is 681. The van der Waals surface area contributed by atoms with Crippen LogP contribution in [0.25, 0.3) is 0 Å². The Balaban J connectivity index is 2.31. The molecule has 1 heterocycles. The molecule has 2 nitrogen and oxygen atoms in total. The van der Waals surface area contributed by atoms with Gasteiger partial charge in [-0.25, -0.2) is 8.78 Å². The Morgan fingerprint density at radius 3 is 2.43 bits per heavy atom. The summed E-state index contributed by atoms with van der Waals surface area (Å²) in [5.74, 6) is -3.13. The fraction of sp³-hybridized carbons (Fsp3) is 0.143. The first kappa shape index (κ1) is 15.1. The Hall–Kier alpha value is -2.31. The van der Waals surface area contributed by atoms with Gasteiger partial charge in [0.15, 0.2) is 17.4 Å². The number of Topliss-reactive ketones (excluding diaryl/α,β-unsaturated/α-hetero) is 1. The van der Waals surface area contributed by atoms with Crippen molar-refractivity contribution < 1.29 is 26.7 Å². The van der Waals surface area contributed by atoms with E-state index in [2.05, 4.69) is 4.98 Å². The highest BCUT2D eigenvalue weighted by molar-refractivity contribution is 5.98. The third-order valence-corrected chi connectivity index (χ3v) is 2.78. The molecule has 0 saturated heterocycles. The molecule has 0 aliphatic carbocycles. The minimum absolute atomic E-state index is 0.0795. The van der Waals surface area contributed by atoms with Crippen LogP contribution in [-0.4, -0.2) is 10.8 Å². The lowest BCUT2D eigenvalue weighted by Crippen LogP contribution is -2.15. The zero-order valence-electron chi connectivity index (χ0n) is 10.4. The average molecular weight is 301 g/mol. The van der Waals surface area contributed by atoms with Gasteiger partial charge in [0, 0.05) is 24.4 Å². The van der Waals surface area contributed by atoms with E-state index >= 15 is 0 Å². The summed E-state index contributed by atoms with van der Waals surface area (Å²) in [7, 11) is 0. The molecule has 2 aromatic rings. The van der Waals surface area contributed by atoms with E-state index in [1.165, 1.54) is 0 Å². The number of carbonyl (C=O) groups is 1. The summed E-state index contributed by atoms with van der Waals surface area (Å²) in [6.45, 7) is 0. The van der Waals surface area contributed by atoms with Gasteiger partial charge in [-0.15, -0.1) is 0 Å². The van der Waals surface area contributed by atoms with Crippen LogP contribution in [0.15, 0.2) is 36.7 Å². The monoisotopic (exact) mass is 301 g/mol. The number of rotatable bonds is 3. The summed E-state index contributed by atoms with van der Waals surface area (Å²) in [4.78, 5) is 15.4. The average Bonchev–Trinajstić information content (AvgIpc) is 2.42. The van der Waals surface area contributed by atoms with Crippen molar-refractivity contribution in [3.05, 3.63) is 65.0 Å². The van der Waals surface area contributed by atoms with Crippen molar-refractivity contribution in [2.45, 2.75) is 12.6 Å². The van der Waals surface area contributed by atoms with Gasteiger partial charge < -0.3 is 0 Å². The minimum Gasteiger partial charge on any atom is -0.294 e. The SMILES string of the molecule is O=C(Cc1ccc(F)c(F)c1)c1cnccc1C(F)(F)F. The van der Waals surface area contributed by atoms with Crippen molar-refractivity contribution in [1.82, 2.24) is 4.98 Å². The number of ketones is 1. The van der Waals surface area contributed by atoms with Crippen LogP contribution in [0.3, 0.4) is 0 Å². The molecule has 0 aliphatic rings. The molecular weight excluding hydrogens is 293 g/mol. The topological polar surface area (TPSA) is 30.0 Å². The van der Waals surface area contributed by atoms with Crippen LogP contribution in [0.2, 0.25) is 0 Å². The van der Waals surface area contributed by atoms with Crippen molar-refractivity contribution >= 4 is 5.78 Å². The second kappa shape index (κ2) is 5.59. The van der Waals surface area contributed by atoms with Crippen LogP contribution in [0, 0.1) is 11.6 Å². The first-order chi connectivity index (χ1) is 9.79. The molecule has 0 saturated carbocycles. The molecule has 0 aliphatic heterocycles. The molecule has 0 N–H and O–H groups in total. The number of carbonyl (C=O) groups excluding carboxylic acids is 1. The van der Waals surface area contributed by atoms with E-state index in [1.54, 1.807) is 0 Å². The summed E-state index contributed by atoms with van der Waals surface area (Å²) in [5, 5.41) is 0. The number of halogens is 5. The highest BCUT2D eigenvalue weighted by atomic mass is 19.4. The van der Waals surface area contributed by atoms with Gasteiger partial charge in [-0.05, 0) is 23.8 Å².